The highest BCUT2D eigenvalue weighted by molar-refractivity contribution is 5.16. The van der Waals surface area contributed by atoms with Crippen molar-refractivity contribution in [3.8, 4) is 0 Å². The van der Waals surface area contributed by atoms with Crippen LogP contribution in [0, 0.1) is 5.41 Å². The molecule has 0 saturated carbocycles. The maximum Gasteiger partial charge on any atom is -0.0169 e. The summed E-state index contributed by atoms with van der Waals surface area (Å²) in [5.74, 6) is 0. The first-order valence-electron chi connectivity index (χ1n) is 3.95. The van der Waals surface area contributed by atoms with E-state index in [2.05, 4.69) is 39.0 Å². The van der Waals surface area contributed by atoms with E-state index in [4.69, 9.17) is 0 Å². The van der Waals surface area contributed by atoms with Crippen LogP contribution in [-0.2, 0) is 0 Å². The molecule has 56 valence electrons. The molecule has 1 aliphatic carbocycles. The Kier molecular flexibility index (Phi) is 1.98. The number of rotatable bonds is 0. The van der Waals surface area contributed by atoms with Crippen LogP contribution in [0.2, 0.25) is 0 Å². The molecule has 0 N–H and O–H groups in total. The van der Waals surface area contributed by atoms with E-state index in [0.29, 0.717) is 5.41 Å². The van der Waals surface area contributed by atoms with Gasteiger partial charge in [-0.1, -0.05) is 37.6 Å². The molecule has 0 spiro atoms. The average Bonchev–Trinajstić information content (AvgIpc) is 1.94. The van der Waals surface area contributed by atoms with E-state index in [-0.39, 0.29) is 0 Å². The van der Waals surface area contributed by atoms with Gasteiger partial charge >= 0.3 is 0 Å². The van der Waals surface area contributed by atoms with Crippen LogP contribution in [0.15, 0.2) is 23.8 Å². The fourth-order valence-corrected chi connectivity index (χ4v) is 1.16. The van der Waals surface area contributed by atoms with Crippen LogP contribution in [0.25, 0.3) is 0 Å². The summed E-state index contributed by atoms with van der Waals surface area (Å²) in [6.45, 7) is 6.78. The predicted molar refractivity (Wildman–Crippen MR) is 45.9 cm³/mol. The van der Waals surface area contributed by atoms with Gasteiger partial charge in [-0.2, -0.15) is 0 Å². The highest BCUT2D eigenvalue weighted by atomic mass is 14.2. The Morgan fingerprint density at radius 1 is 1.40 bits per heavy atom. The van der Waals surface area contributed by atoms with E-state index in [0.717, 1.165) is 0 Å². The minimum atomic E-state index is 0.411. The molecule has 0 atom stereocenters. The van der Waals surface area contributed by atoms with Gasteiger partial charge in [0.15, 0.2) is 0 Å². The van der Waals surface area contributed by atoms with Crippen molar-refractivity contribution in [3.63, 3.8) is 0 Å². The highest BCUT2D eigenvalue weighted by Crippen LogP contribution is 2.28. The summed E-state index contributed by atoms with van der Waals surface area (Å²) in [5.41, 5.74) is 1.91. The molecular weight excluding hydrogens is 120 g/mol. The molecule has 0 bridgehead atoms. The first kappa shape index (κ1) is 7.59. The topological polar surface area (TPSA) is 0 Å². The maximum absolute atomic E-state index is 2.30. The molecule has 0 amide bonds. The summed E-state index contributed by atoms with van der Waals surface area (Å²) in [5, 5.41) is 0. The van der Waals surface area contributed by atoms with Crippen LogP contribution in [0.1, 0.15) is 33.6 Å². The fourth-order valence-electron chi connectivity index (χ4n) is 1.16. The molecule has 0 nitrogen and oxygen atoms in total. The molecule has 0 saturated heterocycles. The van der Waals surface area contributed by atoms with Gasteiger partial charge in [0.05, 0.1) is 0 Å². The summed E-state index contributed by atoms with van der Waals surface area (Å²) < 4.78 is 0. The van der Waals surface area contributed by atoms with Gasteiger partial charge in [0, 0.05) is 0 Å². The van der Waals surface area contributed by atoms with Crippen LogP contribution in [-0.4, -0.2) is 0 Å². The first-order valence-corrected chi connectivity index (χ1v) is 3.95. The van der Waals surface area contributed by atoms with Crippen LogP contribution < -0.4 is 0 Å². The van der Waals surface area contributed by atoms with Crippen LogP contribution >= 0.6 is 0 Å². The Morgan fingerprint density at radius 3 is 2.80 bits per heavy atom. The molecule has 0 unspecified atom stereocenters. The van der Waals surface area contributed by atoms with Gasteiger partial charge in [-0.3, -0.25) is 0 Å². The molecule has 10 heavy (non-hydrogen) atoms. The zero-order valence-corrected chi connectivity index (χ0v) is 7.15. The summed E-state index contributed by atoms with van der Waals surface area (Å²) >= 11 is 0. The van der Waals surface area contributed by atoms with Gasteiger partial charge in [-0.25, -0.2) is 0 Å². The molecule has 0 radical (unpaired) electrons. The smallest absolute Gasteiger partial charge is 0.0169 e. The second-order valence-corrected chi connectivity index (χ2v) is 3.86. The maximum atomic E-state index is 2.30. The molecule has 0 aromatic heterocycles. The van der Waals surface area contributed by atoms with Crippen molar-refractivity contribution in [2.45, 2.75) is 33.6 Å². The zero-order valence-electron chi connectivity index (χ0n) is 7.15. The van der Waals surface area contributed by atoms with Crippen molar-refractivity contribution in [1.82, 2.24) is 0 Å². The van der Waals surface area contributed by atoms with Gasteiger partial charge < -0.3 is 0 Å². The van der Waals surface area contributed by atoms with E-state index in [1.807, 2.05) is 0 Å². The lowest BCUT2D eigenvalue weighted by molar-refractivity contribution is 0.440. The molecule has 0 heterocycles. The molecular formula is C10H16. The largest absolute Gasteiger partial charge is 0.0789 e. The lowest BCUT2D eigenvalue weighted by atomic mass is 9.88. The van der Waals surface area contributed by atoms with Crippen molar-refractivity contribution >= 4 is 0 Å². The van der Waals surface area contributed by atoms with E-state index < -0.39 is 0 Å². The highest BCUT2D eigenvalue weighted by Gasteiger charge is 2.14. The Morgan fingerprint density at radius 2 is 2.10 bits per heavy atom. The number of allylic oxidation sites excluding steroid dienone is 4. The van der Waals surface area contributed by atoms with E-state index in [1.165, 1.54) is 18.4 Å². The van der Waals surface area contributed by atoms with Crippen molar-refractivity contribution in [2.24, 2.45) is 5.41 Å². The third kappa shape index (κ3) is 2.02. The molecule has 1 rings (SSSR count). The second kappa shape index (κ2) is 2.61. The Hall–Kier alpha value is -0.520. The van der Waals surface area contributed by atoms with Gasteiger partial charge in [-0.05, 0) is 25.2 Å². The summed E-state index contributed by atoms with van der Waals surface area (Å²) in [6, 6.07) is 0. The SMILES string of the molecule is CC1=CC=CC(C)(C)CC1. The van der Waals surface area contributed by atoms with Gasteiger partial charge in [0.25, 0.3) is 0 Å². The van der Waals surface area contributed by atoms with Crippen LogP contribution in [0.3, 0.4) is 0 Å². The average molecular weight is 136 g/mol. The minimum Gasteiger partial charge on any atom is -0.0789 e. The normalized spacial score (nSPS) is 23.7. The summed E-state index contributed by atoms with van der Waals surface area (Å²) in [4.78, 5) is 0. The second-order valence-electron chi connectivity index (χ2n) is 3.86. The van der Waals surface area contributed by atoms with E-state index in [1.54, 1.807) is 0 Å². The third-order valence-corrected chi connectivity index (χ3v) is 2.09. The minimum absolute atomic E-state index is 0.411. The lowest BCUT2D eigenvalue weighted by Crippen LogP contribution is -2.05. The fraction of sp³-hybridized carbons (Fsp3) is 0.600. The molecule has 1 aliphatic rings. The number of hydrogen-bond donors (Lipinski definition) is 0. The Bertz CT molecular complexity index is 170. The standard InChI is InChI=1S/C10H16/c1-9-5-4-7-10(2,3)8-6-9/h4-5,7H,6,8H2,1-3H3. The van der Waals surface area contributed by atoms with Crippen LogP contribution in [0.5, 0.6) is 0 Å². The monoisotopic (exact) mass is 136 g/mol. The molecule has 0 aromatic carbocycles. The molecule has 0 fully saturated rings. The summed E-state index contributed by atoms with van der Waals surface area (Å²) in [6.07, 6.45) is 9.23. The van der Waals surface area contributed by atoms with Gasteiger partial charge in [0.2, 0.25) is 0 Å². The van der Waals surface area contributed by atoms with Crippen molar-refractivity contribution in [1.29, 1.82) is 0 Å². The van der Waals surface area contributed by atoms with Gasteiger partial charge in [0.1, 0.15) is 0 Å². The van der Waals surface area contributed by atoms with Crippen LogP contribution in [0.4, 0.5) is 0 Å². The lowest BCUT2D eigenvalue weighted by Gasteiger charge is -2.17. The van der Waals surface area contributed by atoms with Crippen molar-refractivity contribution in [2.75, 3.05) is 0 Å². The molecule has 0 aromatic rings. The quantitative estimate of drug-likeness (QED) is 0.479. The first-order chi connectivity index (χ1) is 4.60. The Balaban J connectivity index is 2.67. The zero-order chi connectivity index (χ0) is 7.61. The third-order valence-electron chi connectivity index (χ3n) is 2.09. The van der Waals surface area contributed by atoms with E-state index in [9.17, 15) is 0 Å². The van der Waals surface area contributed by atoms with Crippen molar-refractivity contribution < 1.29 is 0 Å². The van der Waals surface area contributed by atoms with Gasteiger partial charge in [-0.15, -0.1) is 0 Å². The van der Waals surface area contributed by atoms with Crippen molar-refractivity contribution in [3.05, 3.63) is 23.8 Å². The summed E-state index contributed by atoms with van der Waals surface area (Å²) in [7, 11) is 0. The Labute approximate surface area is 63.6 Å². The molecule has 0 aliphatic heterocycles. The van der Waals surface area contributed by atoms with E-state index >= 15 is 0 Å². The molecule has 0 heteroatoms. The number of hydrogen-bond acceptors (Lipinski definition) is 0. The predicted octanol–water partition coefficient (Wildman–Crippen LogP) is 3.31.